The first kappa shape index (κ1) is 11.5. The largest absolute Gasteiger partial charge is 0.338 e. The third kappa shape index (κ3) is 2.59. The monoisotopic (exact) mass is 224 g/mol. The maximum atomic E-state index is 5.83. The molecule has 1 aliphatic heterocycles. The van der Waals surface area contributed by atoms with Gasteiger partial charge < -0.3 is 10.3 Å². The molecule has 2 rings (SSSR count). The van der Waals surface area contributed by atoms with Gasteiger partial charge in [-0.05, 0) is 25.3 Å². The molecule has 16 heavy (non-hydrogen) atoms. The SMILES string of the molecule is CCC1CCN(Cc2ncno2)C(CN)C1. The minimum absolute atomic E-state index is 0.464. The fourth-order valence-corrected chi connectivity index (χ4v) is 2.45. The van der Waals surface area contributed by atoms with E-state index in [1.54, 1.807) is 0 Å². The Bertz CT molecular complexity index is 301. The van der Waals surface area contributed by atoms with E-state index in [4.69, 9.17) is 10.3 Å². The van der Waals surface area contributed by atoms with Crippen molar-refractivity contribution in [3.63, 3.8) is 0 Å². The summed E-state index contributed by atoms with van der Waals surface area (Å²) in [4.78, 5) is 6.42. The Morgan fingerprint density at radius 2 is 2.50 bits per heavy atom. The lowest BCUT2D eigenvalue weighted by Gasteiger charge is -2.37. The van der Waals surface area contributed by atoms with Crippen LogP contribution in [0.1, 0.15) is 32.1 Å². The molecule has 5 nitrogen and oxygen atoms in total. The fourth-order valence-electron chi connectivity index (χ4n) is 2.45. The van der Waals surface area contributed by atoms with Crippen molar-refractivity contribution >= 4 is 0 Å². The molecular formula is C11H20N4O. The van der Waals surface area contributed by atoms with E-state index >= 15 is 0 Å². The van der Waals surface area contributed by atoms with Crippen molar-refractivity contribution in [3.8, 4) is 0 Å². The maximum absolute atomic E-state index is 5.83. The van der Waals surface area contributed by atoms with Crippen LogP contribution in [-0.4, -0.2) is 34.2 Å². The molecule has 1 saturated heterocycles. The molecule has 0 saturated carbocycles. The Kier molecular flexibility index (Phi) is 3.90. The summed E-state index contributed by atoms with van der Waals surface area (Å²) in [6.07, 6.45) is 5.15. The van der Waals surface area contributed by atoms with Crippen LogP contribution in [0.5, 0.6) is 0 Å². The highest BCUT2D eigenvalue weighted by atomic mass is 16.5. The number of aromatic nitrogens is 2. The molecule has 2 heterocycles. The van der Waals surface area contributed by atoms with Gasteiger partial charge >= 0.3 is 0 Å². The second-order valence-corrected chi connectivity index (χ2v) is 4.49. The second-order valence-electron chi connectivity index (χ2n) is 4.49. The highest BCUT2D eigenvalue weighted by Gasteiger charge is 2.27. The molecule has 0 aromatic carbocycles. The minimum atomic E-state index is 0.464. The van der Waals surface area contributed by atoms with Gasteiger partial charge in [0.05, 0.1) is 6.54 Å². The van der Waals surface area contributed by atoms with E-state index in [1.165, 1.54) is 25.6 Å². The molecule has 1 fully saturated rings. The van der Waals surface area contributed by atoms with Crippen LogP contribution < -0.4 is 5.73 Å². The first-order valence-electron chi connectivity index (χ1n) is 6.03. The quantitative estimate of drug-likeness (QED) is 0.827. The van der Waals surface area contributed by atoms with Crippen molar-refractivity contribution in [2.75, 3.05) is 13.1 Å². The number of nitrogens with two attached hydrogens (primary N) is 1. The van der Waals surface area contributed by atoms with Gasteiger partial charge in [-0.25, -0.2) is 0 Å². The van der Waals surface area contributed by atoms with Gasteiger partial charge in [-0.3, -0.25) is 4.90 Å². The van der Waals surface area contributed by atoms with Crippen LogP contribution in [0.25, 0.3) is 0 Å². The molecule has 0 bridgehead atoms. The molecule has 0 radical (unpaired) electrons. The molecule has 1 aromatic heterocycles. The lowest BCUT2D eigenvalue weighted by atomic mass is 9.89. The molecule has 0 spiro atoms. The molecule has 90 valence electrons. The van der Waals surface area contributed by atoms with E-state index in [0.29, 0.717) is 18.5 Å². The Labute approximate surface area is 96.0 Å². The lowest BCUT2D eigenvalue weighted by Crippen LogP contribution is -2.46. The third-order valence-corrected chi connectivity index (χ3v) is 3.54. The van der Waals surface area contributed by atoms with Gasteiger partial charge in [0.15, 0.2) is 6.33 Å². The van der Waals surface area contributed by atoms with Crippen molar-refractivity contribution in [1.29, 1.82) is 0 Å². The Balaban J connectivity index is 1.93. The Morgan fingerprint density at radius 3 is 3.12 bits per heavy atom. The topological polar surface area (TPSA) is 68.2 Å². The van der Waals surface area contributed by atoms with Gasteiger partial charge in [-0.1, -0.05) is 18.5 Å². The molecule has 0 amide bonds. The van der Waals surface area contributed by atoms with Crippen molar-refractivity contribution in [2.45, 2.75) is 38.8 Å². The van der Waals surface area contributed by atoms with Gasteiger partial charge in [-0.15, -0.1) is 0 Å². The number of hydrogen-bond donors (Lipinski definition) is 1. The number of piperidine rings is 1. The molecular weight excluding hydrogens is 204 g/mol. The van der Waals surface area contributed by atoms with E-state index in [2.05, 4.69) is 22.0 Å². The summed E-state index contributed by atoms with van der Waals surface area (Å²) in [5.74, 6) is 1.51. The van der Waals surface area contributed by atoms with E-state index in [9.17, 15) is 0 Å². The first-order chi connectivity index (χ1) is 7.83. The first-order valence-corrected chi connectivity index (χ1v) is 6.03. The summed E-state index contributed by atoms with van der Waals surface area (Å²) in [6, 6.07) is 0.464. The smallest absolute Gasteiger partial charge is 0.240 e. The summed E-state index contributed by atoms with van der Waals surface area (Å²) >= 11 is 0. The van der Waals surface area contributed by atoms with E-state index in [-0.39, 0.29) is 0 Å². The van der Waals surface area contributed by atoms with Crippen LogP contribution in [0.4, 0.5) is 0 Å². The average molecular weight is 224 g/mol. The normalized spacial score (nSPS) is 27.1. The summed E-state index contributed by atoms with van der Waals surface area (Å²) in [6.45, 7) is 4.79. The van der Waals surface area contributed by atoms with Gasteiger partial charge in [0.2, 0.25) is 5.89 Å². The van der Waals surface area contributed by atoms with Crippen LogP contribution in [0.2, 0.25) is 0 Å². The van der Waals surface area contributed by atoms with Crippen LogP contribution >= 0.6 is 0 Å². The van der Waals surface area contributed by atoms with Gasteiger partial charge in [0.1, 0.15) is 0 Å². The van der Waals surface area contributed by atoms with Gasteiger partial charge in [0.25, 0.3) is 0 Å². The zero-order valence-corrected chi connectivity index (χ0v) is 9.80. The summed E-state index contributed by atoms with van der Waals surface area (Å²) in [7, 11) is 0. The fraction of sp³-hybridized carbons (Fsp3) is 0.818. The zero-order valence-electron chi connectivity index (χ0n) is 9.80. The maximum Gasteiger partial charge on any atom is 0.240 e. The molecule has 2 atom stereocenters. The predicted molar refractivity (Wildman–Crippen MR) is 60.6 cm³/mol. The molecule has 2 unspecified atom stereocenters. The van der Waals surface area contributed by atoms with Crippen molar-refractivity contribution in [3.05, 3.63) is 12.2 Å². The number of hydrogen-bond acceptors (Lipinski definition) is 5. The standard InChI is InChI=1S/C11H20N4O/c1-2-9-3-4-15(10(5-9)6-12)7-11-13-8-14-16-11/h8-10H,2-7,12H2,1H3. The number of rotatable bonds is 4. The second kappa shape index (κ2) is 5.41. The van der Waals surface area contributed by atoms with E-state index < -0.39 is 0 Å². The Morgan fingerprint density at radius 1 is 1.62 bits per heavy atom. The number of nitrogens with zero attached hydrogens (tertiary/aromatic N) is 3. The van der Waals surface area contributed by atoms with Gasteiger partial charge in [-0.2, -0.15) is 4.98 Å². The lowest BCUT2D eigenvalue weighted by molar-refractivity contribution is 0.0953. The molecule has 1 aliphatic rings. The molecule has 5 heteroatoms. The summed E-state index contributed by atoms with van der Waals surface area (Å²) < 4.78 is 5.04. The van der Waals surface area contributed by atoms with Crippen LogP contribution in [-0.2, 0) is 6.54 Å². The zero-order chi connectivity index (χ0) is 11.4. The van der Waals surface area contributed by atoms with Crippen molar-refractivity contribution < 1.29 is 4.52 Å². The predicted octanol–water partition coefficient (Wildman–Crippen LogP) is 1.02. The minimum Gasteiger partial charge on any atom is -0.338 e. The van der Waals surface area contributed by atoms with Crippen LogP contribution in [0, 0.1) is 5.92 Å². The average Bonchev–Trinajstić information content (AvgIpc) is 2.82. The van der Waals surface area contributed by atoms with Crippen LogP contribution in [0.3, 0.4) is 0 Å². The summed E-state index contributed by atoms with van der Waals surface area (Å²) in [5.41, 5.74) is 5.83. The van der Waals surface area contributed by atoms with Crippen molar-refractivity contribution in [1.82, 2.24) is 15.0 Å². The molecule has 2 N–H and O–H groups in total. The highest BCUT2D eigenvalue weighted by molar-refractivity contribution is 4.85. The highest BCUT2D eigenvalue weighted by Crippen LogP contribution is 2.25. The summed E-state index contributed by atoms with van der Waals surface area (Å²) in [5, 5.41) is 3.63. The Hall–Kier alpha value is -0.940. The molecule has 1 aromatic rings. The number of likely N-dealkylation sites (tertiary alicyclic amines) is 1. The van der Waals surface area contributed by atoms with Crippen molar-refractivity contribution in [2.24, 2.45) is 11.7 Å². The van der Waals surface area contributed by atoms with Crippen LogP contribution in [0.15, 0.2) is 10.9 Å². The van der Waals surface area contributed by atoms with E-state index in [1.807, 2.05) is 0 Å². The third-order valence-electron chi connectivity index (χ3n) is 3.54. The van der Waals surface area contributed by atoms with E-state index in [0.717, 1.165) is 19.0 Å². The molecule has 0 aliphatic carbocycles. The van der Waals surface area contributed by atoms with Gasteiger partial charge in [0, 0.05) is 12.6 Å².